The number of carbonyl (C=O) groups excluding carboxylic acids is 1. The molecule has 0 fully saturated rings. The summed E-state index contributed by atoms with van der Waals surface area (Å²) >= 11 is 3.49. The molecule has 35 heavy (non-hydrogen) atoms. The molecule has 3 aromatic rings. The summed E-state index contributed by atoms with van der Waals surface area (Å²) in [7, 11) is 3.86. The third-order valence-electron chi connectivity index (χ3n) is 4.95. The van der Waals surface area contributed by atoms with Crippen LogP contribution in [0.25, 0.3) is 6.08 Å². The van der Waals surface area contributed by atoms with Crippen molar-refractivity contribution in [3.63, 3.8) is 0 Å². The zero-order valence-electron chi connectivity index (χ0n) is 19.6. The lowest BCUT2D eigenvalue weighted by atomic mass is 10.1. The third-order valence-corrected chi connectivity index (χ3v) is 5.53. The predicted octanol–water partition coefficient (Wildman–Crippen LogP) is 6.18. The van der Waals surface area contributed by atoms with Gasteiger partial charge in [0.05, 0.1) is 11.1 Å². The number of benzene rings is 3. The number of hydrogen-bond acceptors (Lipinski definition) is 5. The van der Waals surface area contributed by atoms with E-state index in [1.54, 1.807) is 36.4 Å². The van der Waals surface area contributed by atoms with Crippen molar-refractivity contribution >= 4 is 39.3 Å². The average molecular weight is 538 g/mol. The van der Waals surface area contributed by atoms with E-state index in [0.29, 0.717) is 33.8 Å². The number of nitriles is 1. The lowest BCUT2D eigenvalue weighted by Crippen LogP contribution is -2.14. The van der Waals surface area contributed by atoms with Crippen molar-refractivity contribution in [3.8, 4) is 17.6 Å². The van der Waals surface area contributed by atoms with Gasteiger partial charge in [0, 0.05) is 25.5 Å². The maximum atomic E-state index is 13.2. The average Bonchev–Trinajstić information content (AvgIpc) is 2.83. The van der Waals surface area contributed by atoms with Crippen LogP contribution in [0.4, 0.5) is 15.8 Å². The largest absolute Gasteiger partial charge is 0.490 e. The quantitative estimate of drug-likeness (QED) is 0.260. The molecule has 0 aliphatic heterocycles. The Morgan fingerprint density at radius 2 is 1.80 bits per heavy atom. The van der Waals surface area contributed by atoms with Crippen LogP contribution in [-0.4, -0.2) is 26.6 Å². The molecule has 6 nitrogen and oxygen atoms in total. The number of anilines is 2. The standard InChI is InChI=1S/C27H25BrFN3O3/c1-4-34-25-15-19(14-24(28)26(25)35-17-18-5-7-21(29)8-6-18)13-20(16-30)27(33)31-22-9-11-23(12-10-22)32(2)3/h5-15H,4,17H2,1-3H3,(H,31,33)/b20-13-. The second-order valence-electron chi connectivity index (χ2n) is 7.74. The zero-order chi connectivity index (χ0) is 25.4. The van der Waals surface area contributed by atoms with Crippen LogP contribution in [0.3, 0.4) is 0 Å². The van der Waals surface area contributed by atoms with Gasteiger partial charge in [-0.25, -0.2) is 4.39 Å². The second kappa shape index (κ2) is 12.0. The number of halogens is 2. The van der Waals surface area contributed by atoms with Gasteiger partial charge < -0.3 is 19.7 Å². The first-order valence-electron chi connectivity index (χ1n) is 10.8. The summed E-state index contributed by atoms with van der Waals surface area (Å²) in [6.45, 7) is 2.45. The minimum atomic E-state index is -0.518. The highest BCUT2D eigenvalue weighted by molar-refractivity contribution is 9.10. The van der Waals surface area contributed by atoms with Crippen LogP contribution in [-0.2, 0) is 11.4 Å². The predicted molar refractivity (Wildman–Crippen MR) is 139 cm³/mol. The minimum absolute atomic E-state index is 0.0592. The molecule has 0 spiro atoms. The van der Waals surface area contributed by atoms with Crippen LogP contribution >= 0.6 is 15.9 Å². The Morgan fingerprint density at radius 1 is 1.11 bits per heavy atom. The number of ether oxygens (including phenoxy) is 2. The van der Waals surface area contributed by atoms with Crippen molar-refractivity contribution in [2.24, 2.45) is 0 Å². The zero-order valence-corrected chi connectivity index (χ0v) is 21.2. The monoisotopic (exact) mass is 537 g/mol. The van der Waals surface area contributed by atoms with Gasteiger partial charge in [0.25, 0.3) is 5.91 Å². The van der Waals surface area contributed by atoms with Gasteiger partial charge in [-0.1, -0.05) is 12.1 Å². The van der Waals surface area contributed by atoms with Crippen molar-refractivity contribution in [3.05, 3.63) is 87.7 Å². The summed E-state index contributed by atoms with van der Waals surface area (Å²) in [6, 6.07) is 18.7. The van der Waals surface area contributed by atoms with Gasteiger partial charge in [0.1, 0.15) is 24.1 Å². The Bertz CT molecular complexity index is 1250. The van der Waals surface area contributed by atoms with E-state index in [9.17, 15) is 14.4 Å². The van der Waals surface area contributed by atoms with Crippen LogP contribution in [0.1, 0.15) is 18.1 Å². The third kappa shape index (κ3) is 7.08. The molecule has 0 heterocycles. The van der Waals surface area contributed by atoms with E-state index in [1.807, 2.05) is 44.1 Å². The van der Waals surface area contributed by atoms with E-state index in [1.165, 1.54) is 18.2 Å². The van der Waals surface area contributed by atoms with Gasteiger partial charge in [-0.15, -0.1) is 0 Å². The number of carbonyl (C=O) groups is 1. The van der Waals surface area contributed by atoms with Crippen molar-refractivity contribution in [2.45, 2.75) is 13.5 Å². The summed E-state index contributed by atoms with van der Waals surface area (Å²) in [6.07, 6.45) is 1.49. The summed E-state index contributed by atoms with van der Waals surface area (Å²) in [5, 5.41) is 12.3. The Morgan fingerprint density at radius 3 is 2.40 bits per heavy atom. The molecule has 0 bridgehead atoms. The first-order chi connectivity index (χ1) is 16.8. The first kappa shape index (κ1) is 25.8. The lowest BCUT2D eigenvalue weighted by molar-refractivity contribution is -0.112. The van der Waals surface area contributed by atoms with Crippen LogP contribution in [0.2, 0.25) is 0 Å². The van der Waals surface area contributed by atoms with E-state index < -0.39 is 5.91 Å². The maximum absolute atomic E-state index is 13.2. The highest BCUT2D eigenvalue weighted by Gasteiger charge is 2.15. The number of nitrogens with one attached hydrogen (secondary N) is 1. The SMILES string of the molecule is CCOc1cc(/C=C(/C#N)C(=O)Nc2ccc(N(C)C)cc2)cc(Br)c1OCc1ccc(F)cc1. The molecule has 0 unspecified atom stereocenters. The van der Waals surface area contributed by atoms with E-state index in [0.717, 1.165) is 11.3 Å². The van der Waals surface area contributed by atoms with Crippen LogP contribution in [0.5, 0.6) is 11.5 Å². The fraction of sp³-hybridized carbons (Fsp3) is 0.185. The molecule has 180 valence electrons. The van der Waals surface area contributed by atoms with Crippen LogP contribution in [0, 0.1) is 17.1 Å². The molecule has 0 aliphatic carbocycles. The van der Waals surface area contributed by atoms with Crippen molar-refractivity contribution < 1.29 is 18.7 Å². The lowest BCUT2D eigenvalue weighted by Gasteiger charge is -2.15. The van der Waals surface area contributed by atoms with E-state index >= 15 is 0 Å². The minimum Gasteiger partial charge on any atom is -0.490 e. The molecule has 0 aliphatic rings. The van der Waals surface area contributed by atoms with Crippen LogP contribution in [0.15, 0.2) is 70.7 Å². The van der Waals surface area contributed by atoms with Gasteiger partial charge in [-0.2, -0.15) is 5.26 Å². The summed E-state index contributed by atoms with van der Waals surface area (Å²) in [5.74, 6) is 0.0873. The van der Waals surface area contributed by atoms with Crippen molar-refractivity contribution in [2.75, 3.05) is 30.9 Å². The topological polar surface area (TPSA) is 74.6 Å². The fourth-order valence-corrected chi connectivity index (χ4v) is 3.74. The number of rotatable bonds is 9. The number of hydrogen-bond donors (Lipinski definition) is 1. The van der Waals surface area contributed by atoms with E-state index in [2.05, 4.69) is 21.2 Å². The Labute approximate surface area is 212 Å². The summed E-state index contributed by atoms with van der Waals surface area (Å²) in [4.78, 5) is 14.7. The molecular weight excluding hydrogens is 513 g/mol. The normalized spacial score (nSPS) is 10.9. The number of nitrogens with zero attached hydrogens (tertiary/aromatic N) is 2. The fourth-order valence-electron chi connectivity index (χ4n) is 3.17. The van der Waals surface area contributed by atoms with Gasteiger partial charge in [-0.05, 0) is 88.6 Å². The molecule has 0 aromatic heterocycles. The Hall–Kier alpha value is -3.83. The molecule has 0 radical (unpaired) electrons. The van der Waals surface area contributed by atoms with Gasteiger partial charge in [-0.3, -0.25) is 4.79 Å². The van der Waals surface area contributed by atoms with Crippen molar-refractivity contribution in [1.82, 2.24) is 0 Å². The van der Waals surface area contributed by atoms with Gasteiger partial charge in [0.15, 0.2) is 11.5 Å². The van der Waals surface area contributed by atoms with E-state index in [-0.39, 0.29) is 18.0 Å². The molecule has 0 atom stereocenters. The highest BCUT2D eigenvalue weighted by Crippen LogP contribution is 2.38. The molecule has 1 amide bonds. The van der Waals surface area contributed by atoms with Gasteiger partial charge in [0.2, 0.25) is 0 Å². The smallest absolute Gasteiger partial charge is 0.266 e. The molecule has 0 saturated heterocycles. The highest BCUT2D eigenvalue weighted by atomic mass is 79.9. The Kier molecular flexibility index (Phi) is 8.87. The molecule has 3 rings (SSSR count). The number of amides is 1. The second-order valence-corrected chi connectivity index (χ2v) is 8.60. The summed E-state index contributed by atoms with van der Waals surface area (Å²) < 4.78 is 25.4. The molecule has 1 N–H and O–H groups in total. The molecule has 0 saturated carbocycles. The maximum Gasteiger partial charge on any atom is 0.266 e. The summed E-state index contributed by atoms with van der Waals surface area (Å²) in [5.41, 5.74) is 2.91. The van der Waals surface area contributed by atoms with Crippen LogP contribution < -0.4 is 19.7 Å². The molecule has 8 heteroatoms. The van der Waals surface area contributed by atoms with Crippen molar-refractivity contribution in [1.29, 1.82) is 5.26 Å². The first-order valence-corrected chi connectivity index (χ1v) is 11.6. The molecular formula is C27H25BrFN3O3. The molecule has 3 aromatic carbocycles. The van der Waals surface area contributed by atoms with E-state index in [4.69, 9.17) is 9.47 Å². The Balaban J connectivity index is 1.81. The van der Waals surface area contributed by atoms with Gasteiger partial charge >= 0.3 is 0 Å².